The number of sulfone groups is 1. The molecule has 1 aromatic carbocycles. The highest BCUT2D eigenvalue weighted by molar-refractivity contribution is 7.91. The highest BCUT2D eigenvalue weighted by atomic mass is 32.2. The van der Waals surface area contributed by atoms with Crippen LogP contribution < -0.4 is 5.32 Å². The first kappa shape index (κ1) is 18.1. The largest absolute Gasteiger partial charge is 0.456 e. The van der Waals surface area contributed by atoms with E-state index >= 15 is 0 Å². The van der Waals surface area contributed by atoms with Crippen molar-refractivity contribution in [3.63, 3.8) is 0 Å². The van der Waals surface area contributed by atoms with E-state index in [9.17, 15) is 22.8 Å². The van der Waals surface area contributed by atoms with Gasteiger partial charge in [0.05, 0.1) is 11.5 Å². The number of anilines is 1. The summed E-state index contributed by atoms with van der Waals surface area (Å²) in [7, 11) is -3.03. The van der Waals surface area contributed by atoms with Gasteiger partial charge in [-0.15, -0.1) is 0 Å². The smallest absolute Gasteiger partial charge is 0.306 e. The molecule has 130 valence electrons. The van der Waals surface area contributed by atoms with E-state index in [1.807, 2.05) is 0 Å². The first-order chi connectivity index (χ1) is 11.2. The average Bonchev–Trinajstić information content (AvgIpc) is 2.84. The van der Waals surface area contributed by atoms with Crippen LogP contribution in [0.2, 0.25) is 0 Å². The molecule has 1 aliphatic rings. The second-order valence-corrected chi connectivity index (χ2v) is 8.04. The molecule has 7 nitrogen and oxygen atoms in total. The molecule has 1 aromatic rings. The van der Waals surface area contributed by atoms with Crippen LogP contribution in [0.15, 0.2) is 24.3 Å². The Labute approximate surface area is 140 Å². The number of ether oxygens (including phenoxy) is 1. The van der Waals surface area contributed by atoms with Crippen LogP contribution in [-0.4, -0.2) is 44.2 Å². The Morgan fingerprint density at radius 1 is 1.21 bits per heavy atom. The van der Waals surface area contributed by atoms with Crippen LogP contribution in [0.3, 0.4) is 0 Å². The quantitative estimate of drug-likeness (QED) is 0.608. The van der Waals surface area contributed by atoms with Crippen molar-refractivity contribution >= 4 is 33.2 Å². The maximum absolute atomic E-state index is 11.7. The molecule has 1 atom stereocenters. The summed E-state index contributed by atoms with van der Waals surface area (Å²) < 4.78 is 27.5. The first-order valence-electron chi connectivity index (χ1n) is 7.52. The average molecular weight is 353 g/mol. The Bertz CT molecular complexity index is 738. The summed E-state index contributed by atoms with van der Waals surface area (Å²) in [6.07, 6.45) is 0.450. The maximum atomic E-state index is 11.7. The molecule has 0 spiro atoms. The van der Waals surface area contributed by atoms with Crippen molar-refractivity contribution in [2.75, 3.05) is 23.4 Å². The number of carbonyl (C=O) groups is 3. The van der Waals surface area contributed by atoms with Crippen LogP contribution in [0.25, 0.3) is 0 Å². The minimum Gasteiger partial charge on any atom is -0.456 e. The number of ketones is 1. The molecule has 0 radical (unpaired) electrons. The molecule has 0 bridgehead atoms. The van der Waals surface area contributed by atoms with E-state index in [0.29, 0.717) is 17.7 Å². The van der Waals surface area contributed by atoms with Crippen LogP contribution in [0.4, 0.5) is 5.69 Å². The van der Waals surface area contributed by atoms with Gasteiger partial charge in [0.1, 0.15) is 0 Å². The van der Waals surface area contributed by atoms with Gasteiger partial charge in [0.2, 0.25) is 0 Å². The van der Waals surface area contributed by atoms with Gasteiger partial charge in [-0.25, -0.2) is 8.42 Å². The molecule has 1 N–H and O–H groups in total. The summed E-state index contributed by atoms with van der Waals surface area (Å²) in [5, 5.41) is 2.55. The van der Waals surface area contributed by atoms with Crippen LogP contribution in [0.1, 0.15) is 30.1 Å². The van der Waals surface area contributed by atoms with Gasteiger partial charge in [-0.2, -0.15) is 0 Å². The Hall–Kier alpha value is -2.22. The molecule has 2 rings (SSSR count). The lowest BCUT2D eigenvalue weighted by atomic mass is 10.1. The Morgan fingerprint density at radius 3 is 2.42 bits per heavy atom. The third-order valence-electron chi connectivity index (χ3n) is 3.72. The Morgan fingerprint density at radius 2 is 1.88 bits per heavy atom. The minimum absolute atomic E-state index is 0.000180. The lowest BCUT2D eigenvalue weighted by molar-refractivity contribution is -0.148. The third kappa shape index (κ3) is 5.45. The molecule has 1 saturated heterocycles. The van der Waals surface area contributed by atoms with E-state index in [0.717, 1.165) is 0 Å². The van der Waals surface area contributed by atoms with Gasteiger partial charge in [0, 0.05) is 17.7 Å². The third-order valence-corrected chi connectivity index (χ3v) is 5.56. The molecule has 1 aliphatic heterocycles. The van der Waals surface area contributed by atoms with Crippen LogP contribution in [0.5, 0.6) is 0 Å². The van der Waals surface area contributed by atoms with Crippen molar-refractivity contribution in [3.8, 4) is 0 Å². The summed E-state index contributed by atoms with van der Waals surface area (Å²) in [5.74, 6) is -1.30. The van der Waals surface area contributed by atoms with Gasteiger partial charge in [0.15, 0.2) is 22.2 Å². The van der Waals surface area contributed by atoms with Crippen molar-refractivity contribution in [3.05, 3.63) is 29.8 Å². The van der Waals surface area contributed by atoms with Gasteiger partial charge in [-0.1, -0.05) is 0 Å². The standard InChI is InChI=1S/C16H19NO6S/c1-11(18)13-2-4-14(5-3-13)17-15(19)9-23-16(20)8-12-6-7-24(21,22)10-12/h2-5,12H,6-10H2,1H3,(H,17,19)/t12-/m1/s1. The fourth-order valence-electron chi connectivity index (χ4n) is 2.46. The molecule has 0 aliphatic carbocycles. The van der Waals surface area contributed by atoms with Gasteiger partial charge < -0.3 is 10.1 Å². The lowest BCUT2D eigenvalue weighted by Crippen LogP contribution is -2.22. The van der Waals surface area contributed by atoms with E-state index in [4.69, 9.17) is 4.74 Å². The zero-order chi connectivity index (χ0) is 17.7. The summed E-state index contributed by atoms with van der Waals surface area (Å²) in [6, 6.07) is 6.34. The maximum Gasteiger partial charge on any atom is 0.306 e. The van der Waals surface area contributed by atoms with E-state index < -0.39 is 28.3 Å². The van der Waals surface area contributed by atoms with Crippen molar-refractivity contribution in [1.29, 1.82) is 0 Å². The number of hydrogen-bond acceptors (Lipinski definition) is 6. The Balaban J connectivity index is 1.74. The summed E-state index contributed by atoms with van der Waals surface area (Å²) in [4.78, 5) is 34.5. The van der Waals surface area contributed by atoms with E-state index in [2.05, 4.69) is 5.32 Å². The highest BCUT2D eigenvalue weighted by Gasteiger charge is 2.29. The summed E-state index contributed by atoms with van der Waals surface area (Å²) in [5.41, 5.74) is 1.02. The van der Waals surface area contributed by atoms with E-state index in [1.165, 1.54) is 6.92 Å². The monoisotopic (exact) mass is 353 g/mol. The SMILES string of the molecule is CC(=O)c1ccc(NC(=O)COC(=O)C[C@H]2CCS(=O)(=O)C2)cc1. The van der Waals surface area contributed by atoms with Crippen molar-refractivity contribution < 1.29 is 27.5 Å². The lowest BCUT2D eigenvalue weighted by Gasteiger charge is -2.09. The van der Waals surface area contributed by atoms with E-state index in [1.54, 1.807) is 24.3 Å². The second kappa shape index (κ2) is 7.57. The molecule has 0 aromatic heterocycles. The number of Topliss-reactive ketones (excluding diaryl/α,β-unsaturated/α-hetero) is 1. The van der Waals surface area contributed by atoms with Crippen LogP contribution in [0, 0.1) is 5.92 Å². The molecular weight excluding hydrogens is 334 g/mol. The zero-order valence-electron chi connectivity index (χ0n) is 13.3. The number of benzene rings is 1. The Kier molecular flexibility index (Phi) is 5.71. The molecule has 8 heteroatoms. The van der Waals surface area contributed by atoms with Gasteiger partial charge in [-0.05, 0) is 43.5 Å². The van der Waals surface area contributed by atoms with Crippen LogP contribution >= 0.6 is 0 Å². The van der Waals surface area contributed by atoms with Gasteiger partial charge in [-0.3, -0.25) is 14.4 Å². The van der Waals surface area contributed by atoms with Crippen LogP contribution in [-0.2, 0) is 24.2 Å². The minimum atomic E-state index is -3.03. The summed E-state index contributed by atoms with van der Waals surface area (Å²) >= 11 is 0. The predicted molar refractivity (Wildman–Crippen MR) is 87.4 cm³/mol. The van der Waals surface area contributed by atoms with Crippen molar-refractivity contribution in [1.82, 2.24) is 0 Å². The molecule has 1 amide bonds. The second-order valence-electron chi connectivity index (χ2n) is 5.82. The number of rotatable bonds is 6. The number of hydrogen-bond donors (Lipinski definition) is 1. The highest BCUT2D eigenvalue weighted by Crippen LogP contribution is 2.21. The fraction of sp³-hybridized carbons (Fsp3) is 0.438. The topological polar surface area (TPSA) is 107 Å². The molecule has 24 heavy (non-hydrogen) atoms. The van der Waals surface area contributed by atoms with Gasteiger partial charge in [0.25, 0.3) is 5.91 Å². The molecule has 1 fully saturated rings. The summed E-state index contributed by atoms with van der Waals surface area (Å²) in [6.45, 7) is 1.01. The van der Waals surface area contributed by atoms with E-state index in [-0.39, 0.29) is 29.6 Å². The first-order valence-corrected chi connectivity index (χ1v) is 9.34. The fourth-order valence-corrected chi connectivity index (χ4v) is 4.32. The van der Waals surface area contributed by atoms with Gasteiger partial charge >= 0.3 is 5.97 Å². The van der Waals surface area contributed by atoms with Crippen molar-refractivity contribution in [2.45, 2.75) is 19.8 Å². The number of esters is 1. The normalized spacial score (nSPS) is 18.8. The number of carbonyl (C=O) groups excluding carboxylic acids is 3. The number of nitrogens with one attached hydrogen (secondary N) is 1. The molecule has 0 unspecified atom stereocenters. The van der Waals surface area contributed by atoms with Crippen molar-refractivity contribution in [2.24, 2.45) is 5.92 Å². The number of amides is 1. The predicted octanol–water partition coefficient (Wildman–Crippen LogP) is 1.20. The molecular formula is C16H19NO6S. The zero-order valence-corrected chi connectivity index (χ0v) is 14.1. The molecule has 1 heterocycles. The molecule has 0 saturated carbocycles.